The third-order valence-electron chi connectivity index (χ3n) is 4.45. The van der Waals surface area contributed by atoms with Crippen LogP contribution in [0.25, 0.3) is 0 Å². The van der Waals surface area contributed by atoms with Crippen LogP contribution in [0.3, 0.4) is 0 Å². The molecule has 1 aromatic carbocycles. The Morgan fingerprint density at radius 3 is 2.85 bits per heavy atom. The molecule has 0 aliphatic carbocycles. The van der Waals surface area contributed by atoms with Crippen molar-refractivity contribution in [3.8, 4) is 0 Å². The summed E-state index contributed by atoms with van der Waals surface area (Å²) in [4.78, 5) is 26.5. The number of carbonyl (C=O) groups excluding carboxylic acids is 2. The quantitative estimate of drug-likeness (QED) is 0.836. The molecule has 1 aromatic heterocycles. The lowest BCUT2D eigenvalue weighted by Gasteiger charge is -2.23. The standard InChI is InChI=1S/C19H23N3O4/c1-12-4-3-5-14(6-12)10-20-19(25)17-8-15(23)11-22(17)18(24)9-16-7-13(2)21-26-16/h3-7,15,17,23H,8-11H2,1-2H3,(H,20,25)/t15-,17+/m1/s1. The minimum absolute atomic E-state index is 0.0230. The Kier molecular flexibility index (Phi) is 5.37. The molecule has 1 fully saturated rings. The zero-order valence-corrected chi connectivity index (χ0v) is 14.9. The third kappa shape index (κ3) is 4.29. The van der Waals surface area contributed by atoms with Gasteiger partial charge in [-0.2, -0.15) is 0 Å². The minimum atomic E-state index is -0.704. The van der Waals surface area contributed by atoms with Crippen LogP contribution in [0.15, 0.2) is 34.9 Å². The molecule has 26 heavy (non-hydrogen) atoms. The first-order valence-electron chi connectivity index (χ1n) is 8.65. The van der Waals surface area contributed by atoms with Crippen LogP contribution in [0.5, 0.6) is 0 Å². The number of nitrogens with one attached hydrogen (secondary N) is 1. The first-order chi connectivity index (χ1) is 12.4. The number of nitrogens with zero attached hydrogens (tertiary/aromatic N) is 2. The molecule has 7 nitrogen and oxygen atoms in total. The highest BCUT2D eigenvalue weighted by molar-refractivity contribution is 5.89. The summed E-state index contributed by atoms with van der Waals surface area (Å²) in [6, 6.07) is 8.88. The fourth-order valence-electron chi connectivity index (χ4n) is 3.22. The average molecular weight is 357 g/mol. The number of amides is 2. The maximum atomic E-state index is 12.6. The molecule has 2 atom stereocenters. The predicted molar refractivity (Wildman–Crippen MR) is 94.1 cm³/mol. The maximum absolute atomic E-state index is 12.6. The molecule has 2 heterocycles. The van der Waals surface area contributed by atoms with Gasteiger partial charge in [0, 0.05) is 25.6 Å². The highest BCUT2D eigenvalue weighted by Gasteiger charge is 2.38. The van der Waals surface area contributed by atoms with Crippen LogP contribution in [0.4, 0.5) is 0 Å². The summed E-state index contributed by atoms with van der Waals surface area (Å²) in [5, 5.41) is 16.6. The van der Waals surface area contributed by atoms with Crippen LogP contribution in [-0.4, -0.2) is 45.7 Å². The van der Waals surface area contributed by atoms with Crippen LogP contribution in [-0.2, 0) is 22.6 Å². The van der Waals surface area contributed by atoms with Crippen LogP contribution in [0, 0.1) is 13.8 Å². The maximum Gasteiger partial charge on any atom is 0.243 e. The van der Waals surface area contributed by atoms with E-state index in [1.807, 2.05) is 31.2 Å². The van der Waals surface area contributed by atoms with Gasteiger partial charge in [0.1, 0.15) is 11.8 Å². The van der Waals surface area contributed by atoms with E-state index in [1.165, 1.54) is 4.90 Å². The van der Waals surface area contributed by atoms with Crippen molar-refractivity contribution in [2.24, 2.45) is 0 Å². The lowest BCUT2D eigenvalue weighted by atomic mass is 10.1. The predicted octanol–water partition coefficient (Wildman–Crippen LogP) is 1.11. The van der Waals surface area contributed by atoms with Crippen LogP contribution >= 0.6 is 0 Å². The molecule has 7 heteroatoms. The SMILES string of the molecule is Cc1cccc(CNC(=O)[C@@H]2C[C@@H](O)CN2C(=O)Cc2cc(C)no2)c1. The molecule has 0 unspecified atom stereocenters. The van der Waals surface area contributed by atoms with Crippen molar-refractivity contribution < 1.29 is 19.2 Å². The molecule has 3 rings (SSSR count). The zero-order valence-electron chi connectivity index (χ0n) is 14.9. The van der Waals surface area contributed by atoms with Gasteiger partial charge < -0.3 is 19.8 Å². The van der Waals surface area contributed by atoms with Gasteiger partial charge in [-0.1, -0.05) is 35.0 Å². The minimum Gasteiger partial charge on any atom is -0.391 e. The molecule has 0 saturated carbocycles. The Morgan fingerprint density at radius 1 is 1.35 bits per heavy atom. The van der Waals surface area contributed by atoms with Gasteiger partial charge in [-0.15, -0.1) is 0 Å². The van der Waals surface area contributed by atoms with Gasteiger partial charge in [0.2, 0.25) is 11.8 Å². The number of carbonyl (C=O) groups is 2. The summed E-state index contributed by atoms with van der Waals surface area (Å²) in [6.07, 6.45) is -0.444. The molecule has 2 N–H and O–H groups in total. The third-order valence-corrected chi connectivity index (χ3v) is 4.45. The molecule has 138 valence electrons. The van der Waals surface area contributed by atoms with Gasteiger partial charge >= 0.3 is 0 Å². The normalized spacial score (nSPS) is 19.6. The molecule has 1 aliphatic rings. The molecule has 2 aromatic rings. The number of hydrogen-bond acceptors (Lipinski definition) is 5. The molecule has 1 aliphatic heterocycles. The van der Waals surface area contributed by atoms with Gasteiger partial charge in [-0.05, 0) is 19.4 Å². The first kappa shape index (κ1) is 18.1. The Morgan fingerprint density at radius 2 is 2.15 bits per heavy atom. The van der Waals surface area contributed by atoms with Crippen molar-refractivity contribution in [1.29, 1.82) is 0 Å². The highest BCUT2D eigenvalue weighted by atomic mass is 16.5. The van der Waals surface area contributed by atoms with Gasteiger partial charge in [0.15, 0.2) is 0 Å². The summed E-state index contributed by atoms with van der Waals surface area (Å²) in [6.45, 7) is 4.30. The van der Waals surface area contributed by atoms with E-state index >= 15 is 0 Å². The van der Waals surface area contributed by atoms with Crippen LogP contribution < -0.4 is 5.32 Å². The zero-order chi connectivity index (χ0) is 18.7. The second-order valence-corrected chi connectivity index (χ2v) is 6.77. The topological polar surface area (TPSA) is 95.7 Å². The Hall–Kier alpha value is -2.67. The van der Waals surface area contributed by atoms with Crippen molar-refractivity contribution >= 4 is 11.8 Å². The largest absolute Gasteiger partial charge is 0.391 e. The number of rotatable bonds is 5. The van der Waals surface area contributed by atoms with Crippen molar-refractivity contribution in [3.05, 3.63) is 52.9 Å². The Balaban J connectivity index is 1.62. The number of aliphatic hydroxyl groups excluding tert-OH is 1. The Labute approximate surface area is 152 Å². The molecule has 2 amide bonds. The van der Waals surface area contributed by atoms with E-state index in [9.17, 15) is 14.7 Å². The van der Waals surface area contributed by atoms with E-state index in [4.69, 9.17) is 4.52 Å². The Bertz CT molecular complexity index is 802. The van der Waals surface area contributed by atoms with Gasteiger partial charge in [-0.3, -0.25) is 9.59 Å². The second kappa shape index (κ2) is 7.70. The number of β-amino-alcohol motifs (C(OH)–C–C–N with tert-alkyl or cyclic N) is 1. The van der Waals surface area contributed by atoms with Crippen LogP contribution in [0.2, 0.25) is 0 Å². The van der Waals surface area contributed by atoms with Crippen LogP contribution in [0.1, 0.15) is 29.0 Å². The number of aliphatic hydroxyl groups is 1. The number of benzene rings is 1. The molecular formula is C19H23N3O4. The highest BCUT2D eigenvalue weighted by Crippen LogP contribution is 2.20. The molecular weight excluding hydrogens is 334 g/mol. The lowest BCUT2D eigenvalue weighted by molar-refractivity contribution is -0.138. The summed E-state index contributed by atoms with van der Waals surface area (Å²) in [5.74, 6) is -0.0635. The average Bonchev–Trinajstić information content (AvgIpc) is 3.18. The fourth-order valence-corrected chi connectivity index (χ4v) is 3.22. The summed E-state index contributed by atoms with van der Waals surface area (Å²) < 4.78 is 5.07. The van der Waals surface area contributed by atoms with E-state index in [-0.39, 0.29) is 31.2 Å². The van der Waals surface area contributed by atoms with E-state index in [0.29, 0.717) is 18.0 Å². The smallest absolute Gasteiger partial charge is 0.243 e. The van der Waals surface area contributed by atoms with Crippen molar-refractivity contribution in [2.75, 3.05) is 6.54 Å². The van der Waals surface area contributed by atoms with Crippen molar-refractivity contribution in [2.45, 2.75) is 45.4 Å². The van der Waals surface area contributed by atoms with E-state index in [0.717, 1.165) is 11.1 Å². The fraction of sp³-hybridized carbons (Fsp3) is 0.421. The summed E-state index contributed by atoms with van der Waals surface area (Å²) in [7, 11) is 0. The molecule has 1 saturated heterocycles. The number of aryl methyl sites for hydroxylation is 2. The molecule has 0 bridgehead atoms. The summed E-state index contributed by atoms with van der Waals surface area (Å²) in [5.41, 5.74) is 2.81. The molecule has 0 radical (unpaired) electrons. The van der Waals surface area contributed by atoms with E-state index < -0.39 is 12.1 Å². The summed E-state index contributed by atoms with van der Waals surface area (Å²) >= 11 is 0. The number of aromatic nitrogens is 1. The lowest BCUT2D eigenvalue weighted by Crippen LogP contribution is -2.46. The number of hydrogen-bond donors (Lipinski definition) is 2. The van der Waals surface area contributed by atoms with E-state index in [1.54, 1.807) is 13.0 Å². The number of likely N-dealkylation sites (tertiary alicyclic amines) is 1. The first-order valence-corrected chi connectivity index (χ1v) is 8.65. The van der Waals surface area contributed by atoms with Gasteiger partial charge in [0.25, 0.3) is 0 Å². The van der Waals surface area contributed by atoms with Crippen molar-refractivity contribution in [1.82, 2.24) is 15.4 Å². The van der Waals surface area contributed by atoms with Crippen molar-refractivity contribution in [3.63, 3.8) is 0 Å². The van der Waals surface area contributed by atoms with Gasteiger partial charge in [-0.25, -0.2) is 0 Å². The molecule has 0 spiro atoms. The second-order valence-electron chi connectivity index (χ2n) is 6.77. The van der Waals surface area contributed by atoms with Gasteiger partial charge in [0.05, 0.1) is 18.2 Å². The van der Waals surface area contributed by atoms with E-state index in [2.05, 4.69) is 10.5 Å². The monoisotopic (exact) mass is 357 g/mol.